The fourth-order valence-electron chi connectivity index (χ4n) is 2.22. The van der Waals surface area contributed by atoms with Crippen molar-refractivity contribution in [1.29, 1.82) is 0 Å². The topological polar surface area (TPSA) is 55.6 Å². The summed E-state index contributed by atoms with van der Waals surface area (Å²) in [6, 6.07) is 13.1. The number of nitrogens with one attached hydrogen (secondary N) is 1. The minimum Gasteiger partial charge on any atom is -0.294 e. The van der Waals surface area contributed by atoms with Gasteiger partial charge in [-0.25, -0.2) is 10.5 Å². The van der Waals surface area contributed by atoms with Gasteiger partial charge >= 0.3 is 0 Å². The van der Waals surface area contributed by atoms with Crippen molar-refractivity contribution >= 4 is 23.2 Å². The Hall–Kier alpha value is -2.37. The van der Waals surface area contributed by atoms with Crippen LogP contribution in [0, 0.1) is 6.92 Å². The average Bonchev–Trinajstić information content (AvgIpc) is 2.83. The van der Waals surface area contributed by atoms with E-state index in [-0.39, 0.29) is 5.91 Å². The van der Waals surface area contributed by atoms with E-state index < -0.39 is 0 Å². The molecule has 3 aromatic rings. The molecule has 6 heteroatoms. The molecule has 0 bridgehead atoms. The summed E-state index contributed by atoms with van der Waals surface area (Å²) in [5, 5.41) is 0.532. The van der Waals surface area contributed by atoms with E-state index in [0.29, 0.717) is 28.7 Å². The van der Waals surface area contributed by atoms with E-state index in [1.165, 1.54) is 0 Å². The van der Waals surface area contributed by atoms with Crippen molar-refractivity contribution in [2.24, 2.45) is 0 Å². The Balaban J connectivity index is 1.75. The standard InChI is InChI=1S/C16H14ClN3O2/c1-11-15(20-9-13(17)7-8-14(20)18-11)16(21)19-22-10-12-5-3-2-4-6-12/h2-9H,10H2,1H3,(H,19,21). The van der Waals surface area contributed by atoms with Crippen LogP contribution in [0.2, 0.25) is 5.02 Å². The van der Waals surface area contributed by atoms with Gasteiger partial charge in [-0.3, -0.25) is 14.0 Å². The third kappa shape index (κ3) is 2.95. The first-order chi connectivity index (χ1) is 10.6. The molecular formula is C16H14ClN3O2. The number of pyridine rings is 1. The van der Waals surface area contributed by atoms with Crippen LogP contribution in [0.5, 0.6) is 0 Å². The summed E-state index contributed by atoms with van der Waals surface area (Å²) in [5.74, 6) is -0.358. The molecule has 0 saturated heterocycles. The molecule has 112 valence electrons. The number of hydroxylamine groups is 1. The van der Waals surface area contributed by atoms with Gasteiger partial charge in [-0.05, 0) is 24.6 Å². The van der Waals surface area contributed by atoms with Crippen molar-refractivity contribution in [2.75, 3.05) is 0 Å². The third-order valence-corrected chi connectivity index (χ3v) is 3.44. The van der Waals surface area contributed by atoms with Gasteiger partial charge in [0.15, 0.2) is 0 Å². The second-order valence-electron chi connectivity index (χ2n) is 4.83. The van der Waals surface area contributed by atoms with Crippen LogP contribution in [0.3, 0.4) is 0 Å². The molecule has 1 aromatic carbocycles. The molecule has 0 fully saturated rings. The maximum absolute atomic E-state index is 12.3. The van der Waals surface area contributed by atoms with Crippen LogP contribution >= 0.6 is 11.6 Å². The minimum absolute atomic E-state index is 0.295. The number of hydrogen-bond donors (Lipinski definition) is 1. The molecule has 22 heavy (non-hydrogen) atoms. The normalized spacial score (nSPS) is 10.8. The van der Waals surface area contributed by atoms with Crippen molar-refractivity contribution in [3.8, 4) is 0 Å². The molecule has 2 aromatic heterocycles. The Morgan fingerprint density at radius 3 is 2.82 bits per heavy atom. The SMILES string of the molecule is Cc1nc2ccc(Cl)cn2c1C(=O)NOCc1ccccc1. The van der Waals surface area contributed by atoms with Gasteiger partial charge in [-0.1, -0.05) is 41.9 Å². The fraction of sp³-hybridized carbons (Fsp3) is 0.125. The molecular weight excluding hydrogens is 302 g/mol. The molecule has 0 saturated carbocycles. The number of aromatic nitrogens is 2. The number of hydrogen-bond acceptors (Lipinski definition) is 3. The number of benzene rings is 1. The molecule has 0 aliphatic rings. The molecule has 3 rings (SSSR count). The summed E-state index contributed by atoms with van der Waals surface area (Å²) in [6.07, 6.45) is 1.66. The second kappa shape index (κ2) is 6.17. The molecule has 0 unspecified atom stereocenters. The number of amides is 1. The second-order valence-corrected chi connectivity index (χ2v) is 5.26. The van der Waals surface area contributed by atoms with Crippen LogP contribution in [0.15, 0.2) is 48.7 Å². The largest absolute Gasteiger partial charge is 0.294 e. The maximum atomic E-state index is 12.3. The number of halogens is 1. The van der Waals surface area contributed by atoms with Crippen LogP contribution in [0.25, 0.3) is 5.65 Å². The first kappa shape index (κ1) is 14.6. The van der Waals surface area contributed by atoms with Crippen molar-refractivity contribution < 1.29 is 9.63 Å². The van der Waals surface area contributed by atoms with E-state index in [9.17, 15) is 4.79 Å². The monoisotopic (exact) mass is 315 g/mol. The number of carbonyl (C=O) groups excluding carboxylic acids is 1. The Morgan fingerprint density at radius 1 is 1.27 bits per heavy atom. The average molecular weight is 316 g/mol. The van der Waals surface area contributed by atoms with Crippen LogP contribution in [-0.2, 0) is 11.4 Å². The lowest BCUT2D eigenvalue weighted by atomic mass is 10.2. The smallest absolute Gasteiger partial charge is 0.293 e. The van der Waals surface area contributed by atoms with Gasteiger partial charge < -0.3 is 0 Å². The first-order valence-corrected chi connectivity index (χ1v) is 7.13. The van der Waals surface area contributed by atoms with E-state index >= 15 is 0 Å². The lowest BCUT2D eigenvalue weighted by Gasteiger charge is -2.07. The molecule has 0 radical (unpaired) electrons. The number of rotatable bonds is 4. The van der Waals surface area contributed by atoms with Gasteiger partial charge in [0.05, 0.1) is 17.3 Å². The lowest BCUT2D eigenvalue weighted by molar-refractivity contribution is 0.0228. The molecule has 0 aliphatic carbocycles. The molecule has 0 spiro atoms. The number of carbonyl (C=O) groups is 1. The first-order valence-electron chi connectivity index (χ1n) is 6.75. The highest BCUT2D eigenvalue weighted by molar-refractivity contribution is 6.30. The predicted molar refractivity (Wildman–Crippen MR) is 83.6 cm³/mol. The van der Waals surface area contributed by atoms with Crippen molar-refractivity contribution in [3.05, 3.63) is 70.6 Å². The van der Waals surface area contributed by atoms with E-state index in [2.05, 4.69) is 10.5 Å². The van der Waals surface area contributed by atoms with Gasteiger partial charge in [0.2, 0.25) is 0 Å². The molecule has 5 nitrogen and oxygen atoms in total. The van der Waals surface area contributed by atoms with E-state index in [0.717, 1.165) is 5.56 Å². The van der Waals surface area contributed by atoms with Gasteiger partial charge in [0.25, 0.3) is 5.91 Å². The maximum Gasteiger partial charge on any atom is 0.293 e. The summed E-state index contributed by atoms with van der Waals surface area (Å²) in [7, 11) is 0. The number of fused-ring (bicyclic) bond motifs is 1. The van der Waals surface area contributed by atoms with Crippen molar-refractivity contribution in [3.63, 3.8) is 0 Å². The van der Waals surface area contributed by atoms with Gasteiger partial charge in [-0.2, -0.15) is 0 Å². The Bertz CT molecular complexity index is 815. The summed E-state index contributed by atoms with van der Waals surface area (Å²) < 4.78 is 1.65. The Labute approximate surface area is 132 Å². The molecule has 2 heterocycles. The third-order valence-electron chi connectivity index (χ3n) is 3.22. The number of aryl methyl sites for hydroxylation is 1. The van der Waals surface area contributed by atoms with Gasteiger partial charge in [0.1, 0.15) is 11.3 Å². The predicted octanol–water partition coefficient (Wildman–Crippen LogP) is 3.16. The van der Waals surface area contributed by atoms with E-state index in [4.69, 9.17) is 16.4 Å². The molecule has 0 atom stereocenters. The highest BCUT2D eigenvalue weighted by Crippen LogP contribution is 2.16. The summed E-state index contributed by atoms with van der Waals surface area (Å²) in [5.41, 5.74) is 5.10. The van der Waals surface area contributed by atoms with Crippen LogP contribution in [0.4, 0.5) is 0 Å². The fourth-order valence-corrected chi connectivity index (χ4v) is 2.38. The zero-order valence-electron chi connectivity index (χ0n) is 11.9. The molecule has 1 amide bonds. The highest BCUT2D eigenvalue weighted by atomic mass is 35.5. The zero-order valence-corrected chi connectivity index (χ0v) is 12.7. The van der Waals surface area contributed by atoms with Crippen LogP contribution < -0.4 is 5.48 Å². The minimum atomic E-state index is -0.358. The zero-order chi connectivity index (χ0) is 15.5. The summed E-state index contributed by atoms with van der Waals surface area (Å²) >= 11 is 5.98. The summed E-state index contributed by atoms with van der Waals surface area (Å²) in [6.45, 7) is 2.07. The Morgan fingerprint density at radius 2 is 2.05 bits per heavy atom. The number of imidazole rings is 1. The van der Waals surface area contributed by atoms with E-state index in [1.54, 1.807) is 29.7 Å². The quantitative estimate of drug-likeness (QED) is 0.752. The molecule has 0 aliphatic heterocycles. The number of nitrogens with zero attached hydrogens (tertiary/aromatic N) is 2. The Kier molecular flexibility index (Phi) is 4.09. The van der Waals surface area contributed by atoms with Crippen LogP contribution in [0.1, 0.15) is 21.7 Å². The van der Waals surface area contributed by atoms with Crippen LogP contribution in [-0.4, -0.2) is 15.3 Å². The van der Waals surface area contributed by atoms with Gasteiger partial charge in [0, 0.05) is 6.20 Å². The van der Waals surface area contributed by atoms with Crippen molar-refractivity contribution in [2.45, 2.75) is 13.5 Å². The van der Waals surface area contributed by atoms with E-state index in [1.807, 2.05) is 30.3 Å². The lowest BCUT2D eigenvalue weighted by Crippen LogP contribution is -2.25. The highest BCUT2D eigenvalue weighted by Gasteiger charge is 2.16. The molecule has 1 N–H and O–H groups in total. The summed E-state index contributed by atoms with van der Waals surface area (Å²) in [4.78, 5) is 21.9. The van der Waals surface area contributed by atoms with Gasteiger partial charge in [-0.15, -0.1) is 0 Å². The van der Waals surface area contributed by atoms with Crippen molar-refractivity contribution in [1.82, 2.24) is 14.9 Å².